The molecule has 16 heavy (non-hydrogen) atoms. The van der Waals surface area contributed by atoms with E-state index in [1.54, 1.807) is 31.3 Å². The summed E-state index contributed by atoms with van der Waals surface area (Å²) in [4.78, 5) is 11.0. The van der Waals surface area contributed by atoms with Crippen molar-refractivity contribution in [3.05, 3.63) is 40.8 Å². The molecule has 0 atom stereocenters. The van der Waals surface area contributed by atoms with E-state index in [4.69, 9.17) is 21.4 Å². The predicted molar refractivity (Wildman–Crippen MR) is 64.8 cm³/mol. The largest absolute Gasteiger partial charge is 0.432 e. The first kappa shape index (κ1) is 10.6. The molecule has 1 aromatic carbocycles. The molecule has 0 amide bonds. The molecule has 0 unspecified atom stereocenters. The smallest absolute Gasteiger partial charge is 0.336 e. The van der Waals surface area contributed by atoms with E-state index in [1.807, 2.05) is 0 Å². The van der Waals surface area contributed by atoms with Crippen LogP contribution in [0.25, 0.3) is 11.0 Å². The van der Waals surface area contributed by atoms with Gasteiger partial charge in [-0.15, -0.1) is 0 Å². The molecular formula is C11H9NO3S. The van der Waals surface area contributed by atoms with Crippen molar-refractivity contribution in [3.8, 4) is 5.75 Å². The molecule has 1 heterocycles. The quantitative estimate of drug-likeness (QED) is 0.602. The third-order valence-corrected chi connectivity index (χ3v) is 2.29. The van der Waals surface area contributed by atoms with Crippen LogP contribution in [-0.2, 0) is 0 Å². The highest BCUT2D eigenvalue weighted by atomic mass is 32.1. The number of fused-ring (bicyclic) bond motifs is 1. The summed E-state index contributed by atoms with van der Waals surface area (Å²) in [5.41, 5.74) is 0.155. The molecule has 0 saturated carbocycles. The van der Waals surface area contributed by atoms with Gasteiger partial charge in [0.15, 0.2) is 0 Å². The highest BCUT2D eigenvalue weighted by molar-refractivity contribution is 7.80. The van der Waals surface area contributed by atoms with Crippen molar-refractivity contribution in [3.63, 3.8) is 0 Å². The van der Waals surface area contributed by atoms with Crippen LogP contribution in [0.2, 0.25) is 0 Å². The number of rotatable bonds is 1. The van der Waals surface area contributed by atoms with Crippen LogP contribution in [0.1, 0.15) is 0 Å². The Morgan fingerprint density at radius 3 is 2.94 bits per heavy atom. The molecule has 82 valence electrons. The lowest BCUT2D eigenvalue weighted by atomic mass is 10.2. The van der Waals surface area contributed by atoms with Crippen molar-refractivity contribution in [2.75, 3.05) is 7.05 Å². The van der Waals surface area contributed by atoms with Gasteiger partial charge in [0.05, 0.1) is 0 Å². The minimum Gasteiger partial charge on any atom is -0.432 e. The lowest BCUT2D eigenvalue weighted by Gasteiger charge is -2.06. The molecule has 0 saturated heterocycles. The number of thiocarbonyl (C=S) groups is 1. The average Bonchev–Trinajstić information content (AvgIpc) is 2.29. The minimum atomic E-state index is -0.369. The summed E-state index contributed by atoms with van der Waals surface area (Å²) in [6, 6.07) is 8.15. The molecule has 0 aliphatic heterocycles. The Hall–Kier alpha value is -1.88. The summed E-state index contributed by atoms with van der Waals surface area (Å²) in [7, 11) is 1.68. The number of hydrogen-bond donors (Lipinski definition) is 1. The summed E-state index contributed by atoms with van der Waals surface area (Å²) < 4.78 is 10.3. The fraction of sp³-hybridized carbons (Fsp3) is 0.0909. The third-order valence-electron chi connectivity index (χ3n) is 2.01. The molecule has 1 N–H and O–H groups in total. The van der Waals surface area contributed by atoms with Crippen LogP contribution in [0, 0.1) is 0 Å². The van der Waals surface area contributed by atoms with Crippen LogP contribution in [0.4, 0.5) is 0 Å². The van der Waals surface area contributed by atoms with Gasteiger partial charge >= 0.3 is 5.63 Å². The summed E-state index contributed by atoms with van der Waals surface area (Å²) in [6.07, 6.45) is 0. The predicted octanol–water partition coefficient (Wildman–Crippen LogP) is 1.68. The zero-order valence-electron chi connectivity index (χ0n) is 8.52. The Kier molecular flexibility index (Phi) is 2.87. The van der Waals surface area contributed by atoms with Gasteiger partial charge in [-0.2, -0.15) is 0 Å². The average molecular weight is 235 g/mol. The summed E-state index contributed by atoms with van der Waals surface area (Å²) in [6.45, 7) is 0. The van der Waals surface area contributed by atoms with Crippen LogP contribution in [0.15, 0.2) is 39.5 Å². The molecule has 2 aromatic rings. The van der Waals surface area contributed by atoms with Crippen LogP contribution < -0.4 is 15.7 Å². The second-order valence-corrected chi connectivity index (χ2v) is 3.46. The van der Waals surface area contributed by atoms with Crippen LogP contribution in [0.3, 0.4) is 0 Å². The molecule has 4 nitrogen and oxygen atoms in total. The van der Waals surface area contributed by atoms with Gasteiger partial charge in [0, 0.05) is 18.5 Å². The minimum absolute atomic E-state index is 0.289. The van der Waals surface area contributed by atoms with Crippen LogP contribution in [-0.4, -0.2) is 12.2 Å². The first-order chi connectivity index (χ1) is 7.69. The highest BCUT2D eigenvalue weighted by Crippen LogP contribution is 2.19. The van der Waals surface area contributed by atoms with Crippen molar-refractivity contribution in [1.82, 2.24) is 5.32 Å². The first-order valence-electron chi connectivity index (χ1n) is 4.62. The maximum absolute atomic E-state index is 11.0. The lowest BCUT2D eigenvalue weighted by molar-refractivity contribution is 0.538. The monoisotopic (exact) mass is 235 g/mol. The SMILES string of the molecule is CNC(=S)Oc1ccc2oc(=O)ccc2c1. The Morgan fingerprint density at radius 2 is 2.19 bits per heavy atom. The van der Waals surface area contributed by atoms with Crippen molar-refractivity contribution in [1.29, 1.82) is 0 Å². The van der Waals surface area contributed by atoms with Crippen molar-refractivity contribution in [2.45, 2.75) is 0 Å². The molecule has 1 aromatic heterocycles. The van der Waals surface area contributed by atoms with Gasteiger partial charge < -0.3 is 14.5 Å². The normalized spacial score (nSPS) is 10.1. The topological polar surface area (TPSA) is 51.5 Å². The Morgan fingerprint density at radius 1 is 1.38 bits per heavy atom. The van der Waals surface area contributed by atoms with Crippen molar-refractivity contribution >= 4 is 28.4 Å². The van der Waals surface area contributed by atoms with E-state index in [2.05, 4.69) is 5.32 Å². The fourth-order valence-corrected chi connectivity index (χ4v) is 1.37. The van der Waals surface area contributed by atoms with E-state index in [9.17, 15) is 4.79 Å². The fourth-order valence-electron chi connectivity index (χ4n) is 1.27. The second-order valence-electron chi connectivity index (χ2n) is 3.09. The zero-order valence-corrected chi connectivity index (χ0v) is 9.34. The van der Waals surface area contributed by atoms with Gasteiger partial charge in [-0.3, -0.25) is 0 Å². The Labute approximate surface area is 96.8 Å². The lowest BCUT2D eigenvalue weighted by Crippen LogP contribution is -2.21. The molecule has 2 rings (SSSR count). The van der Waals surface area contributed by atoms with Gasteiger partial charge in [-0.25, -0.2) is 4.79 Å². The van der Waals surface area contributed by atoms with E-state index < -0.39 is 0 Å². The van der Waals surface area contributed by atoms with Crippen LogP contribution >= 0.6 is 12.2 Å². The second kappa shape index (κ2) is 4.32. The van der Waals surface area contributed by atoms with Gasteiger partial charge in [-0.05, 0) is 36.5 Å². The van der Waals surface area contributed by atoms with E-state index in [0.29, 0.717) is 11.3 Å². The summed E-state index contributed by atoms with van der Waals surface area (Å²) >= 11 is 4.87. The number of nitrogens with one attached hydrogen (secondary N) is 1. The molecular weight excluding hydrogens is 226 g/mol. The first-order valence-corrected chi connectivity index (χ1v) is 5.03. The Balaban J connectivity index is 2.40. The van der Waals surface area contributed by atoms with E-state index in [0.717, 1.165) is 5.39 Å². The van der Waals surface area contributed by atoms with Crippen molar-refractivity contribution < 1.29 is 9.15 Å². The molecule has 0 bridgehead atoms. The van der Waals surface area contributed by atoms with Crippen LogP contribution in [0.5, 0.6) is 5.75 Å². The van der Waals surface area contributed by atoms with Gasteiger partial charge in [0.25, 0.3) is 5.17 Å². The zero-order chi connectivity index (χ0) is 11.5. The van der Waals surface area contributed by atoms with E-state index in [1.165, 1.54) is 6.07 Å². The third kappa shape index (κ3) is 2.20. The van der Waals surface area contributed by atoms with E-state index >= 15 is 0 Å². The summed E-state index contributed by atoms with van der Waals surface area (Å²) in [5.74, 6) is 0.598. The van der Waals surface area contributed by atoms with Gasteiger partial charge in [0.1, 0.15) is 11.3 Å². The number of ether oxygens (including phenoxy) is 1. The molecule has 5 heteroatoms. The standard InChI is InChI=1S/C11H9NO3S/c1-12-11(16)14-8-3-4-9-7(6-8)2-5-10(13)15-9/h2-6H,1H3,(H,12,16). The molecule has 0 aliphatic carbocycles. The van der Waals surface area contributed by atoms with E-state index in [-0.39, 0.29) is 10.8 Å². The molecule has 0 fully saturated rings. The number of hydrogen-bond acceptors (Lipinski definition) is 4. The summed E-state index contributed by atoms with van der Waals surface area (Å²) in [5, 5.41) is 3.78. The molecule has 0 aliphatic rings. The molecule has 0 radical (unpaired) electrons. The van der Waals surface area contributed by atoms with Gasteiger partial charge in [0.2, 0.25) is 0 Å². The van der Waals surface area contributed by atoms with Gasteiger partial charge in [-0.1, -0.05) is 0 Å². The molecule has 0 spiro atoms. The Bertz CT molecular complexity index is 591. The maximum atomic E-state index is 11.0. The maximum Gasteiger partial charge on any atom is 0.336 e. The number of benzene rings is 1. The highest BCUT2D eigenvalue weighted by Gasteiger charge is 2.01. The van der Waals surface area contributed by atoms with Crippen molar-refractivity contribution in [2.24, 2.45) is 0 Å².